The molecule has 0 N–H and O–H groups in total. The van der Waals surface area contributed by atoms with E-state index in [4.69, 9.17) is 13.3 Å². The smallest absolute Gasteiger partial charge is 0.192 e. The Morgan fingerprint density at radius 2 is 1.29 bits per heavy atom. The quantitative estimate of drug-likeness (QED) is 0.138. The van der Waals surface area contributed by atoms with Crippen LogP contribution in [0.1, 0.15) is 134 Å². The number of hydrogen-bond acceptors (Lipinski definition) is 3. The average molecular weight is 757 g/mol. The molecule has 3 aliphatic rings. The maximum atomic E-state index is 7.35. The van der Waals surface area contributed by atoms with Crippen LogP contribution in [0.3, 0.4) is 0 Å². The van der Waals surface area contributed by atoms with E-state index < -0.39 is 25.0 Å². The monoisotopic (exact) mass is 757 g/mol. The lowest BCUT2D eigenvalue weighted by molar-refractivity contribution is -0.0502. The van der Waals surface area contributed by atoms with Gasteiger partial charge >= 0.3 is 0 Å². The summed E-state index contributed by atoms with van der Waals surface area (Å²) in [6.07, 6.45) is 25.6. The summed E-state index contributed by atoms with van der Waals surface area (Å²) in [5.41, 5.74) is 3.87. The highest BCUT2D eigenvalue weighted by Crippen LogP contribution is 2.59. The zero-order valence-corrected chi connectivity index (χ0v) is 40.0. The minimum absolute atomic E-state index is 0.0208. The molecule has 51 heavy (non-hydrogen) atoms. The van der Waals surface area contributed by atoms with E-state index in [2.05, 4.69) is 158 Å². The Balaban J connectivity index is 1.95. The Morgan fingerprint density at radius 1 is 0.765 bits per heavy atom. The largest absolute Gasteiger partial charge is 0.411 e. The molecule has 0 amide bonds. The third-order valence-electron chi connectivity index (χ3n) is 14.5. The van der Waals surface area contributed by atoms with Crippen LogP contribution in [0.4, 0.5) is 0 Å². The highest BCUT2D eigenvalue weighted by molar-refractivity contribution is 6.74. The molecule has 3 aliphatic carbocycles. The third kappa shape index (κ3) is 11.3. The standard InChI is InChI=1S/C45H84O3Si3/c1-19-44(10,20-2)30-22-21-24-34(3)37-28-29-38-36(25-23-31-45(37,38)11)27-26-35-32-39(46-50(15,16)42(4,5)6)41(48-49(12,13)14)40(33-35)47-51(17,18)43(7,8)9/h21-22,24,26-27,30,34,37-41H,19-20,23,25,28-29,31-33H2,1-18H3/b24-21+,30-22+,35-26?,36-27+/t34-,37?,38?,39-,40-,41?,45?/m1/s1. The minimum atomic E-state index is -2.05. The first-order valence-corrected chi connectivity index (χ1v) is 30.2. The van der Waals surface area contributed by atoms with Crippen LogP contribution in [0, 0.1) is 28.6 Å². The van der Waals surface area contributed by atoms with Crippen molar-refractivity contribution >= 4 is 25.0 Å². The lowest BCUT2D eigenvalue weighted by atomic mass is 9.61. The Bertz CT molecular complexity index is 1230. The molecule has 0 aromatic rings. The summed E-state index contributed by atoms with van der Waals surface area (Å²) in [6, 6.07) is 0. The second-order valence-electron chi connectivity index (χ2n) is 21.6. The second-order valence-corrected chi connectivity index (χ2v) is 35.5. The molecule has 0 bridgehead atoms. The van der Waals surface area contributed by atoms with E-state index in [0.717, 1.165) is 18.8 Å². The number of allylic oxidation sites excluding steroid dienone is 7. The molecule has 3 rings (SSSR count). The van der Waals surface area contributed by atoms with E-state index in [9.17, 15) is 0 Å². The summed E-state index contributed by atoms with van der Waals surface area (Å²) in [5, 5.41) is 0.269. The van der Waals surface area contributed by atoms with Crippen LogP contribution in [0.2, 0.25) is 55.9 Å². The molecule has 294 valence electrons. The van der Waals surface area contributed by atoms with Gasteiger partial charge in [0, 0.05) is 0 Å². The minimum Gasteiger partial charge on any atom is -0.411 e. The van der Waals surface area contributed by atoms with Gasteiger partial charge in [-0.25, -0.2) is 0 Å². The fourth-order valence-corrected chi connectivity index (χ4v) is 12.4. The summed E-state index contributed by atoms with van der Waals surface area (Å²) in [4.78, 5) is 0. The summed E-state index contributed by atoms with van der Waals surface area (Å²) < 4.78 is 21.8. The SMILES string of the molecule is CCC(C)(/C=C/C=C/[C@@H](C)C1CCC2/C(=C/C=C3C[C@@H](O[Si](C)(C)C(C)(C)C)C(O[Si](C)(C)C)[C@H](O[Si](C)(C)C(C)(C)C)C3)CCCC21C)CC. The van der Waals surface area contributed by atoms with Gasteiger partial charge in [0.05, 0.1) is 18.3 Å². The van der Waals surface area contributed by atoms with Crippen molar-refractivity contribution < 1.29 is 13.3 Å². The zero-order chi connectivity index (χ0) is 38.8. The van der Waals surface area contributed by atoms with E-state index in [1.54, 1.807) is 5.57 Å². The zero-order valence-electron chi connectivity index (χ0n) is 37.0. The highest BCUT2D eigenvalue weighted by Gasteiger charge is 2.51. The van der Waals surface area contributed by atoms with Gasteiger partial charge in [0.15, 0.2) is 25.0 Å². The van der Waals surface area contributed by atoms with Gasteiger partial charge in [0.1, 0.15) is 0 Å². The molecule has 0 saturated heterocycles. The maximum Gasteiger partial charge on any atom is 0.192 e. The third-order valence-corrected chi connectivity index (χ3v) is 24.5. The predicted octanol–water partition coefficient (Wildman–Crippen LogP) is 14.4. The molecular formula is C45H84O3Si3. The van der Waals surface area contributed by atoms with Crippen LogP contribution in [-0.4, -0.2) is 43.3 Å². The summed E-state index contributed by atoms with van der Waals surface area (Å²) >= 11 is 0. The van der Waals surface area contributed by atoms with Gasteiger partial charge in [-0.1, -0.05) is 124 Å². The fourth-order valence-electron chi connectivity index (χ4n) is 8.61. The van der Waals surface area contributed by atoms with Gasteiger partial charge < -0.3 is 13.3 Å². The van der Waals surface area contributed by atoms with Crippen LogP contribution in [0.25, 0.3) is 0 Å². The van der Waals surface area contributed by atoms with Gasteiger partial charge in [-0.3, -0.25) is 0 Å². The van der Waals surface area contributed by atoms with Crippen LogP contribution in [0.15, 0.2) is 47.6 Å². The molecule has 0 heterocycles. The van der Waals surface area contributed by atoms with Crippen molar-refractivity contribution in [2.75, 3.05) is 0 Å². The normalized spacial score (nSPS) is 30.4. The maximum absolute atomic E-state index is 7.35. The highest BCUT2D eigenvalue weighted by atomic mass is 28.4. The Morgan fingerprint density at radius 3 is 1.76 bits per heavy atom. The predicted molar refractivity (Wildman–Crippen MR) is 232 cm³/mol. The van der Waals surface area contributed by atoms with E-state index in [-0.39, 0.29) is 28.4 Å². The van der Waals surface area contributed by atoms with Gasteiger partial charge in [-0.2, -0.15) is 0 Å². The van der Waals surface area contributed by atoms with Crippen molar-refractivity contribution in [2.45, 2.75) is 208 Å². The fraction of sp³-hybridized carbons (Fsp3) is 0.822. The van der Waals surface area contributed by atoms with Gasteiger partial charge in [-0.05, 0) is 142 Å². The Kier molecular flexibility index (Phi) is 14.7. The lowest BCUT2D eigenvalue weighted by Crippen LogP contribution is -2.58. The second kappa shape index (κ2) is 16.7. The van der Waals surface area contributed by atoms with E-state index >= 15 is 0 Å². The van der Waals surface area contributed by atoms with Gasteiger partial charge in [-0.15, -0.1) is 0 Å². The molecule has 3 unspecified atom stereocenters. The molecule has 0 aromatic heterocycles. The molecule has 0 aromatic carbocycles. The first-order valence-electron chi connectivity index (χ1n) is 21.0. The number of hydrogen-bond donors (Lipinski definition) is 0. The number of fused-ring (bicyclic) bond motifs is 1. The van der Waals surface area contributed by atoms with E-state index in [1.807, 2.05) is 0 Å². The summed E-state index contributed by atoms with van der Waals surface area (Å²) in [5.74, 6) is 2.03. The molecule has 0 aliphatic heterocycles. The van der Waals surface area contributed by atoms with Gasteiger partial charge in [0.25, 0.3) is 0 Å². The van der Waals surface area contributed by atoms with E-state index in [1.165, 1.54) is 50.5 Å². The van der Waals surface area contributed by atoms with Crippen molar-refractivity contribution in [2.24, 2.45) is 28.6 Å². The van der Waals surface area contributed by atoms with Gasteiger partial charge in [0.2, 0.25) is 0 Å². The Hall–Kier alpha value is -0.509. The molecule has 0 spiro atoms. The van der Waals surface area contributed by atoms with Crippen LogP contribution in [-0.2, 0) is 13.3 Å². The molecule has 6 heteroatoms. The topological polar surface area (TPSA) is 27.7 Å². The van der Waals surface area contributed by atoms with Crippen molar-refractivity contribution in [1.29, 1.82) is 0 Å². The van der Waals surface area contributed by atoms with Crippen LogP contribution >= 0.6 is 0 Å². The average Bonchev–Trinajstić information content (AvgIpc) is 3.35. The van der Waals surface area contributed by atoms with E-state index in [0.29, 0.717) is 22.7 Å². The molecular weight excluding hydrogens is 673 g/mol. The lowest BCUT2D eigenvalue weighted by Gasteiger charge is -2.49. The van der Waals surface area contributed by atoms with Crippen LogP contribution < -0.4 is 0 Å². The molecule has 3 fully saturated rings. The molecule has 6 atom stereocenters. The summed E-state index contributed by atoms with van der Waals surface area (Å²) in [6.45, 7) is 42.9. The van der Waals surface area contributed by atoms with Crippen molar-refractivity contribution in [3.8, 4) is 0 Å². The van der Waals surface area contributed by atoms with Crippen LogP contribution in [0.5, 0.6) is 0 Å². The number of rotatable bonds is 13. The first-order chi connectivity index (χ1) is 23.2. The Labute approximate surface area is 321 Å². The summed E-state index contributed by atoms with van der Waals surface area (Å²) in [7, 11) is -5.97. The van der Waals surface area contributed by atoms with Crippen molar-refractivity contribution in [3.63, 3.8) is 0 Å². The van der Waals surface area contributed by atoms with Crippen molar-refractivity contribution in [3.05, 3.63) is 47.6 Å². The molecule has 3 nitrogen and oxygen atoms in total. The first kappa shape index (κ1) is 44.9. The molecule has 3 saturated carbocycles. The van der Waals surface area contributed by atoms with Crippen molar-refractivity contribution in [1.82, 2.24) is 0 Å². The molecule has 0 radical (unpaired) electrons.